The zero-order valence-corrected chi connectivity index (χ0v) is 13.6. The maximum absolute atomic E-state index is 13.1. The van der Waals surface area contributed by atoms with Crippen molar-refractivity contribution in [2.24, 2.45) is 0 Å². The van der Waals surface area contributed by atoms with E-state index >= 15 is 0 Å². The largest absolute Gasteiger partial charge is 0.325 e. The van der Waals surface area contributed by atoms with Crippen molar-refractivity contribution < 1.29 is 18.8 Å². The van der Waals surface area contributed by atoms with Crippen molar-refractivity contribution in [2.75, 3.05) is 11.9 Å². The molecule has 6 nitrogen and oxygen atoms in total. The number of carbonyl (C=O) groups excluding carboxylic acids is 3. The normalized spacial score (nSPS) is 16.7. The fraction of sp³-hybridized carbons (Fsp3) is 0.118. The van der Waals surface area contributed by atoms with E-state index < -0.39 is 36.2 Å². The predicted octanol–water partition coefficient (Wildman–Crippen LogP) is 2.71. The van der Waals surface area contributed by atoms with Gasteiger partial charge in [-0.25, -0.2) is 9.18 Å². The fourth-order valence-electron chi connectivity index (χ4n) is 2.46. The zero-order chi connectivity index (χ0) is 18.0. The van der Waals surface area contributed by atoms with Crippen LogP contribution in [-0.2, 0) is 9.59 Å². The molecule has 0 bridgehead atoms. The summed E-state index contributed by atoms with van der Waals surface area (Å²) in [6, 6.07) is 10.9. The third-order valence-corrected chi connectivity index (χ3v) is 3.95. The number of rotatable bonds is 4. The topological polar surface area (TPSA) is 78.5 Å². The molecule has 1 heterocycles. The summed E-state index contributed by atoms with van der Waals surface area (Å²) in [7, 11) is 0. The molecule has 3 rings (SSSR count). The number of amides is 4. The number of hydrogen-bond donors (Lipinski definition) is 2. The first-order valence-electron chi connectivity index (χ1n) is 7.37. The maximum Gasteiger partial charge on any atom is 0.325 e. The van der Waals surface area contributed by atoms with Crippen LogP contribution in [0.5, 0.6) is 0 Å². The van der Waals surface area contributed by atoms with Crippen LogP contribution in [-0.4, -0.2) is 29.3 Å². The first-order chi connectivity index (χ1) is 12.0. The molecule has 4 amide bonds. The lowest BCUT2D eigenvalue weighted by molar-refractivity contribution is -0.130. The Morgan fingerprint density at radius 3 is 2.60 bits per heavy atom. The molecule has 25 heavy (non-hydrogen) atoms. The van der Waals surface area contributed by atoms with Crippen molar-refractivity contribution in [3.8, 4) is 0 Å². The molecule has 1 unspecified atom stereocenters. The third-order valence-electron chi connectivity index (χ3n) is 3.66. The number of anilines is 1. The lowest BCUT2D eigenvalue weighted by Gasteiger charge is -2.13. The van der Waals surface area contributed by atoms with Crippen molar-refractivity contribution in [3.63, 3.8) is 0 Å². The van der Waals surface area contributed by atoms with Crippen LogP contribution in [0.25, 0.3) is 0 Å². The van der Waals surface area contributed by atoms with Gasteiger partial charge in [-0.1, -0.05) is 41.9 Å². The maximum atomic E-state index is 13.1. The molecule has 8 heteroatoms. The molecule has 0 radical (unpaired) electrons. The second-order valence-corrected chi connectivity index (χ2v) is 5.80. The van der Waals surface area contributed by atoms with Crippen LogP contribution in [0.4, 0.5) is 14.9 Å². The van der Waals surface area contributed by atoms with Gasteiger partial charge in [-0.3, -0.25) is 14.5 Å². The van der Waals surface area contributed by atoms with Gasteiger partial charge in [0.1, 0.15) is 18.4 Å². The Bertz CT molecular complexity index is 844. The molecule has 0 saturated carbocycles. The Morgan fingerprint density at radius 1 is 1.20 bits per heavy atom. The molecule has 2 aromatic carbocycles. The summed E-state index contributed by atoms with van der Waals surface area (Å²) in [5, 5.41) is 4.87. The zero-order valence-electron chi connectivity index (χ0n) is 12.8. The van der Waals surface area contributed by atoms with E-state index in [-0.39, 0.29) is 10.7 Å². The molecule has 1 atom stereocenters. The standard InChI is InChI=1S/C17H13ClFN3O3/c18-12-8-11(6-7-13(12)19)20-14(23)9-22-16(24)15(21-17(22)25)10-4-2-1-3-5-10/h1-8,15H,9H2,(H,20,23)(H,21,25). The quantitative estimate of drug-likeness (QED) is 0.822. The molecule has 128 valence electrons. The number of carbonyl (C=O) groups is 3. The minimum Gasteiger partial charge on any atom is -0.324 e. The molecule has 2 aromatic rings. The Labute approximate surface area is 147 Å². The van der Waals surface area contributed by atoms with Gasteiger partial charge in [0.05, 0.1) is 5.02 Å². The number of hydrogen-bond acceptors (Lipinski definition) is 3. The Hall–Kier alpha value is -2.93. The van der Waals surface area contributed by atoms with Crippen molar-refractivity contribution in [2.45, 2.75) is 6.04 Å². The molecule has 0 aliphatic carbocycles. The van der Waals surface area contributed by atoms with E-state index in [9.17, 15) is 18.8 Å². The molecule has 1 saturated heterocycles. The average molecular weight is 362 g/mol. The Kier molecular flexibility index (Phi) is 4.67. The second-order valence-electron chi connectivity index (χ2n) is 5.39. The van der Waals surface area contributed by atoms with Gasteiger partial charge in [0.2, 0.25) is 5.91 Å². The van der Waals surface area contributed by atoms with E-state index in [1.165, 1.54) is 12.1 Å². The molecular formula is C17H13ClFN3O3. The molecule has 0 spiro atoms. The molecular weight excluding hydrogens is 349 g/mol. The summed E-state index contributed by atoms with van der Waals surface area (Å²) < 4.78 is 13.1. The highest BCUT2D eigenvalue weighted by atomic mass is 35.5. The van der Waals surface area contributed by atoms with Crippen molar-refractivity contribution in [1.82, 2.24) is 10.2 Å². The van der Waals surface area contributed by atoms with Gasteiger partial charge in [0.25, 0.3) is 5.91 Å². The SMILES string of the molecule is O=C(CN1C(=O)NC(c2ccccc2)C1=O)Nc1ccc(F)c(Cl)c1. The average Bonchev–Trinajstić information content (AvgIpc) is 2.87. The highest BCUT2D eigenvalue weighted by molar-refractivity contribution is 6.31. The van der Waals surface area contributed by atoms with E-state index in [2.05, 4.69) is 10.6 Å². The lowest BCUT2D eigenvalue weighted by Crippen LogP contribution is -2.38. The van der Waals surface area contributed by atoms with Crippen molar-refractivity contribution in [3.05, 3.63) is 64.9 Å². The second kappa shape index (κ2) is 6.90. The monoisotopic (exact) mass is 361 g/mol. The van der Waals surface area contributed by atoms with Gasteiger partial charge in [0, 0.05) is 5.69 Å². The number of benzene rings is 2. The molecule has 0 aromatic heterocycles. The first-order valence-corrected chi connectivity index (χ1v) is 7.75. The van der Waals surface area contributed by atoms with Crippen LogP contribution in [0, 0.1) is 5.82 Å². The third kappa shape index (κ3) is 3.61. The Morgan fingerprint density at radius 2 is 1.92 bits per heavy atom. The summed E-state index contributed by atoms with van der Waals surface area (Å²) >= 11 is 5.65. The van der Waals surface area contributed by atoms with E-state index in [4.69, 9.17) is 11.6 Å². The molecule has 1 aliphatic rings. The number of nitrogens with one attached hydrogen (secondary N) is 2. The molecule has 1 fully saturated rings. The van der Waals surface area contributed by atoms with Gasteiger partial charge in [-0.05, 0) is 23.8 Å². The van der Waals surface area contributed by atoms with E-state index in [1.54, 1.807) is 30.3 Å². The minimum absolute atomic E-state index is 0.142. The first kappa shape index (κ1) is 16.9. The summed E-state index contributed by atoms with van der Waals surface area (Å²) in [6.07, 6.45) is 0. The fourth-order valence-corrected chi connectivity index (χ4v) is 2.64. The van der Waals surface area contributed by atoms with Gasteiger partial charge in [-0.15, -0.1) is 0 Å². The smallest absolute Gasteiger partial charge is 0.324 e. The molecule has 1 aliphatic heterocycles. The van der Waals surface area contributed by atoms with Gasteiger partial charge in [-0.2, -0.15) is 0 Å². The highest BCUT2D eigenvalue weighted by Crippen LogP contribution is 2.22. The van der Waals surface area contributed by atoms with Crippen molar-refractivity contribution >= 4 is 35.1 Å². The number of halogens is 2. The number of nitrogens with zero attached hydrogens (tertiary/aromatic N) is 1. The van der Waals surface area contributed by atoms with Crippen LogP contribution in [0.15, 0.2) is 48.5 Å². The van der Waals surface area contributed by atoms with Gasteiger partial charge >= 0.3 is 6.03 Å². The van der Waals surface area contributed by atoms with Crippen LogP contribution >= 0.6 is 11.6 Å². The summed E-state index contributed by atoms with van der Waals surface area (Å²) in [5.74, 6) is -1.72. The minimum atomic E-state index is -0.818. The van der Waals surface area contributed by atoms with Crippen LogP contribution in [0.2, 0.25) is 5.02 Å². The number of urea groups is 1. The summed E-state index contributed by atoms with van der Waals surface area (Å²) in [6.45, 7) is -0.455. The number of imide groups is 1. The van der Waals surface area contributed by atoms with Crippen LogP contribution in [0.1, 0.15) is 11.6 Å². The van der Waals surface area contributed by atoms with Gasteiger partial charge in [0.15, 0.2) is 0 Å². The predicted molar refractivity (Wildman–Crippen MR) is 89.5 cm³/mol. The lowest BCUT2D eigenvalue weighted by atomic mass is 10.1. The highest BCUT2D eigenvalue weighted by Gasteiger charge is 2.39. The van der Waals surface area contributed by atoms with E-state index in [0.29, 0.717) is 5.56 Å². The van der Waals surface area contributed by atoms with Crippen LogP contribution in [0.3, 0.4) is 0 Å². The summed E-state index contributed by atoms with van der Waals surface area (Å²) in [4.78, 5) is 37.3. The van der Waals surface area contributed by atoms with Crippen LogP contribution < -0.4 is 10.6 Å². The molecule has 2 N–H and O–H groups in total. The van der Waals surface area contributed by atoms with Crippen molar-refractivity contribution in [1.29, 1.82) is 0 Å². The summed E-state index contributed by atoms with van der Waals surface area (Å²) in [5.41, 5.74) is 0.900. The Balaban J connectivity index is 1.67. The van der Waals surface area contributed by atoms with E-state index in [0.717, 1.165) is 11.0 Å². The van der Waals surface area contributed by atoms with Gasteiger partial charge < -0.3 is 10.6 Å². The van der Waals surface area contributed by atoms with E-state index in [1.807, 2.05) is 0 Å².